The number of aromatic nitrogens is 3. The number of hydrogen-bond acceptors (Lipinski definition) is 7. The van der Waals surface area contributed by atoms with Crippen LogP contribution in [-0.4, -0.2) is 64.8 Å². The molecule has 0 spiro atoms. The molecule has 0 bridgehead atoms. The Morgan fingerprint density at radius 3 is 2.70 bits per heavy atom. The van der Waals surface area contributed by atoms with E-state index in [1.54, 1.807) is 4.90 Å². The predicted molar refractivity (Wildman–Crippen MR) is 110 cm³/mol. The van der Waals surface area contributed by atoms with E-state index in [1.165, 1.54) is 35.7 Å². The fraction of sp³-hybridized carbons (Fsp3) is 0.429. The molecular formula is C21H25FN6O2. The van der Waals surface area contributed by atoms with Crippen LogP contribution in [0.5, 0.6) is 11.6 Å². The van der Waals surface area contributed by atoms with Gasteiger partial charge >= 0.3 is 0 Å². The average molecular weight is 412 g/mol. The molecule has 30 heavy (non-hydrogen) atoms. The van der Waals surface area contributed by atoms with Crippen LogP contribution in [0.1, 0.15) is 31.1 Å². The Bertz CT molecular complexity index is 977. The average Bonchev–Trinajstić information content (AvgIpc) is 3.32. The SMILES string of the molecule is CCN(C(=O)c1cc(F)ccc1Oc1nncnc1N1CC2=C(CNC2)C1)C(C)C. The molecule has 2 aliphatic rings. The van der Waals surface area contributed by atoms with Gasteiger partial charge < -0.3 is 19.9 Å². The molecule has 0 fully saturated rings. The lowest BCUT2D eigenvalue weighted by molar-refractivity contribution is 0.0713. The molecule has 4 rings (SSSR count). The van der Waals surface area contributed by atoms with Crippen LogP contribution in [-0.2, 0) is 0 Å². The summed E-state index contributed by atoms with van der Waals surface area (Å²) in [4.78, 5) is 21.2. The molecule has 0 saturated carbocycles. The second-order valence-electron chi connectivity index (χ2n) is 7.68. The molecule has 0 saturated heterocycles. The van der Waals surface area contributed by atoms with Crippen molar-refractivity contribution in [3.05, 3.63) is 47.1 Å². The number of hydrogen-bond donors (Lipinski definition) is 1. The number of rotatable bonds is 6. The minimum Gasteiger partial charge on any atom is -0.434 e. The zero-order valence-electron chi connectivity index (χ0n) is 17.4. The standard InChI is InChI=1S/C21H25FN6O2/c1-4-28(13(2)3)21(29)17-7-16(22)5-6-18(17)30-20-19(24-12-25-26-20)27-10-14-8-23-9-15(14)11-27/h5-7,12-13,23H,4,8-11H2,1-3H3. The molecule has 8 nitrogen and oxygen atoms in total. The minimum absolute atomic E-state index is 0.0287. The van der Waals surface area contributed by atoms with Crippen molar-refractivity contribution >= 4 is 11.7 Å². The second-order valence-corrected chi connectivity index (χ2v) is 7.68. The van der Waals surface area contributed by atoms with E-state index in [9.17, 15) is 9.18 Å². The third kappa shape index (κ3) is 3.85. The lowest BCUT2D eigenvalue weighted by Gasteiger charge is -2.26. The lowest BCUT2D eigenvalue weighted by atomic mass is 10.1. The Labute approximate surface area is 174 Å². The second kappa shape index (κ2) is 8.35. The van der Waals surface area contributed by atoms with Crippen molar-refractivity contribution in [2.24, 2.45) is 0 Å². The molecule has 1 amide bonds. The number of benzene rings is 1. The summed E-state index contributed by atoms with van der Waals surface area (Å²) in [7, 11) is 0. The highest BCUT2D eigenvalue weighted by atomic mass is 19.1. The van der Waals surface area contributed by atoms with Gasteiger partial charge in [-0.1, -0.05) is 0 Å². The highest BCUT2D eigenvalue weighted by molar-refractivity contribution is 5.97. The monoisotopic (exact) mass is 412 g/mol. The molecule has 158 valence electrons. The van der Waals surface area contributed by atoms with Gasteiger partial charge in [0, 0.05) is 38.8 Å². The maximum absolute atomic E-state index is 14.0. The first-order valence-electron chi connectivity index (χ1n) is 10.1. The number of ether oxygens (including phenoxy) is 1. The summed E-state index contributed by atoms with van der Waals surface area (Å²) in [6.45, 7) is 9.45. The predicted octanol–water partition coefficient (Wildman–Crippen LogP) is 2.39. The molecular weight excluding hydrogens is 387 g/mol. The van der Waals surface area contributed by atoms with Crippen molar-refractivity contribution in [2.45, 2.75) is 26.8 Å². The molecule has 0 unspecified atom stereocenters. The first kappa shape index (κ1) is 20.2. The van der Waals surface area contributed by atoms with Crippen molar-refractivity contribution in [3.8, 4) is 11.6 Å². The van der Waals surface area contributed by atoms with Crippen molar-refractivity contribution in [1.82, 2.24) is 25.4 Å². The number of carbonyl (C=O) groups excluding carboxylic acids is 1. The van der Waals surface area contributed by atoms with Crippen molar-refractivity contribution in [1.29, 1.82) is 0 Å². The normalized spacial score (nSPS) is 15.7. The van der Waals surface area contributed by atoms with Crippen molar-refractivity contribution < 1.29 is 13.9 Å². The van der Waals surface area contributed by atoms with Gasteiger partial charge in [0.05, 0.1) is 5.56 Å². The summed E-state index contributed by atoms with van der Waals surface area (Å²) in [5.74, 6) is 0.174. The molecule has 0 atom stereocenters. The summed E-state index contributed by atoms with van der Waals surface area (Å²) >= 11 is 0. The first-order valence-corrected chi connectivity index (χ1v) is 10.1. The van der Waals surface area contributed by atoms with Crippen molar-refractivity contribution in [3.63, 3.8) is 0 Å². The van der Waals surface area contributed by atoms with Gasteiger partial charge in [0.1, 0.15) is 17.9 Å². The molecule has 3 heterocycles. The maximum atomic E-state index is 14.0. The van der Waals surface area contributed by atoms with Gasteiger partial charge in [-0.25, -0.2) is 9.37 Å². The van der Waals surface area contributed by atoms with Crippen molar-refractivity contribution in [2.75, 3.05) is 37.6 Å². The van der Waals surface area contributed by atoms with Gasteiger partial charge in [0.15, 0.2) is 5.82 Å². The number of anilines is 1. The van der Waals surface area contributed by atoms with E-state index in [2.05, 4.69) is 25.4 Å². The van der Waals surface area contributed by atoms with E-state index < -0.39 is 5.82 Å². The molecule has 1 N–H and O–H groups in total. The number of amides is 1. The molecule has 2 aliphatic heterocycles. The Balaban J connectivity index is 1.64. The van der Waals surface area contributed by atoms with E-state index in [1.807, 2.05) is 20.8 Å². The third-order valence-electron chi connectivity index (χ3n) is 5.41. The zero-order valence-corrected chi connectivity index (χ0v) is 17.4. The van der Waals surface area contributed by atoms with Crippen LogP contribution < -0.4 is 15.0 Å². The highest BCUT2D eigenvalue weighted by Crippen LogP contribution is 2.34. The largest absolute Gasteiger partial charge is 0.434 e. The fourth-order valence-electron chi connectivity index (χ4n) is 3.92. The van der Waals surface area contributed by atoms with Gasteiger partial charge in [0.2, 0.25) is 0 Å². The summed E-state index contributed by atoms with van der Waals surface area (Å²) in [5, 5.41) is 11.3. The van der Waals surface area contributed by atoms with Gasteiger partial charge in [-0.15, -0.1) is 10.2 Å². The first-order chi connectivity index (χ1) is 14.5. The third-order valence-corrected chi connectivity index (χ3v) is 5.41. The Kier molecular flexibility index (Phi) is 5.63. The Hall–Kier alpha value is -3.07. The van der Waals surface area contributed by atoms with Gasteiger partial charge in [-0.3, -0.25) is 4.79 Å². The van der Waals surface area contributed by atoms with Crippen LogP contribution in [0.15, 0.2) is 35.7 Å². The zero-order chi connectivity index (χ0) is 21.3. The number of nitrogens with one attached hydrogen (secondary N) is 1. The number of halogens is 1. The summed E-state index contributed by atoms with van der Waals surface area (Å²) in [6.07, 6.45) is 1.37. The van der Waals surface area contributed by atoms with Crippen LogP contribution >= 0.6 is 0 Å². The van der Waals surface area contributed by atoms with E-state index in [-0.39, 0.29) is 29.1 Å². The summed E-state index contributed by atoms with van der Waals surface area (Å²) in [6, 6.07) is 3.88. The Morgan fingerprint density at radius 2 is 2.03 bits per heavy atom. The fourth-order valence-corrected chi connectivity index (χ4v) is 3.92. The number of nitrogens with zero attached hydrogens (tertiary/aromatic N) is 5. The van der Waals surface area contributed by atoms with E-state index in [0.717, 1.165) is 26.2 Å². The van der Waals surface area contributed by atoms with Crippen LogP contribution in [0, 0.1) is 5.82 Å². The topological polar surface area (TPSA) is 83.5 Å². The molecule has 0 radical (unpaired) electrons. The quantitative estimate of drug-likeness (QED) is 0.730. The summed E-state index contributed by atoms with van der Waals surface area (Å²) < 4.78 is 20.0. The van der Waals surface area contributed by atoms with E-state index >= 15 is 0 Å². The molecule has 0 aliphatic carbocycles. The molecule has 1 aromatic carbocycles. The molecule has 1 aromatic heterocycles. The lowest BCUT2D eigenvalue weighted by Crippen LogP contribution is -2.36. The van der Waals surface area contributed by atoms with E-state index in [4.69, 9.17) is 4.74 Å². The van der Waals surface area contributed by atoms with Gasteiger partial charge in [-0.05, 0) is 50.1 Å². The van der Waals surface area contributed by atoms with Crippen LogP contribution in [0.25, 0.3) is 0 Å². The molecule has 9 heteroatoms. The van der Waals surface area contributed by atoms with E-state index in [0.29, 0.717) is 12.4 Å². The van der Waals surface area contributed by atoms with Crippen LogP contribution in [0.2, 0.25) is 0 Å². The minimum atomic E-state index is -0.504. The number of carbonyl (C=O) groups is 1. The van der Waals surface area contributed by atoms with Gasteiger partial charge in [-0.2, -0.15) is 0 Å². The smallest absolute Gasteiger partial charge is 0.282 e. The van der Waals surface area contributed by atoms with Crippen LogP contribution in [0.3, 0.4) is 0 Å². The summed E-state index contributed by atoms with van der Waals surface area (Å²) in [5.41, 5.74) is 2.86. The Morgan fingerprint density at radius 1 is 1.30 bits per heavy atom. The van der Waals surface area contributed by atoms with Gasteiger partial charge in [0.25, 0.3) is 11.8 Å². The molecule has 2 aromatic rings. The highest BCUT2D eigenvalue weighted by Gasteiger charge is 2.29. The van der Waals surface area contributed by atoms with Crippen LogP contribution in [0.4, 0.5) is 10.2 Å². The maximum Gasteiger partial charge on any atom is 0.282 e.